The largest absolute Gasteiger partial charge is 0.0683 e. The van der Waals surface area contributed by atoms with E-state index in [0.717, 1.165) is 25.7 Å². The molecule has 0 aliphatic heterocycles. The van der Waals surface area contributed by atoms with Crippen LogP contribution < -0.4 is 0 Å². The van der Waals surface area contributed by atoms with Gasteiger partial charge in [0, 0.05) is 0 Å². The van der Waals surface area contributed by atoms with E-state index in [2.05, 4.69) is 234 Å². The molecule has 0 N–H and O–H groups in total. The van der Waals surface area contributed by atoms with Gasteiger partial charge in [-0.05, 0) is 207 Å². The van der Waals surface area contributed by atoms with Crippen LogP contribution in [0.2, 0.25) is 0 Å². The summed E-state index contributed by atoms with van der Waals surface area (Å²) in [4.78, 5) is 0. The Morgan fingerprint density at radius 1 is 0.257 bits per heavy atom. The molecular weight excluding hydrogens is 841 g/mol. The van der Waals surface area contributed by atoms with Gasteiger partial charge < -0.3 is 0 Å². The number of fused-ring (bicyclic) bond motifs is 5. The minimum Gasteiger partial charge on any atom is -0.0683 e. The molecule has 0 amide bonds. The highest BCUT2D eigenvalue weighted by Gasteiger charge is 2.17. The fourth-order valence-corrected chi connectivity index (χ4v) is 10.6. The third kappa shape index (κ3) is 9.44. The number of rotatable bonds is 10. The zero-order valence-electron chi connectivity index (χ0n) is 42.5. The fraction of sp³-hybridized carbons (Fsp3) is 0.171. The summed E-state index contributed by atoms with van der Waals surface area (Å²) in [7, 11) is 0. The molecule has 11 rings (SSSR count). The molecule has 346 valence electrons. The van der Waals surface area contributed by atoms with Crippen molar-refractivity contribution in [3.8, 4) is 66.8 Å². The second-order valence-corrected chi connectivity index (χ2v) is 18.3. The molecule has 70 heavy (non-hydrogen) atoms. The Morgan fingerprint density at radius 2 is 0.671 bits per heavy atom. The second-order valence-electron chi connectivity index (χ2n) is 18.3. The second kappa shape index (κ2) is 21.4. The molecule has 0 spiro atoms. The third-order valence-corrected chi connectivity index (χ3v) is 13.9. The van der Waals surface area contributed by atoms with Crippen molar-refractivity contribution in [2.24, 2.45) is 0 Å². The van der Waals surface area contributed by atoms with Gasteiger partial charge in [-0.3, -0.25) is 0 Å². The van der Waals surface area contributed by atoms with Gasteiger partial charge in [0.1, 0.15) is 0 Å². The first-order valence-corrected chi connectivity index (χ1v) is 25.8. The molecule has 0 radical (unpaired) electrons. The van der Waals surface area contributed by atoms with E-state index in [1.165, 1.54) is 132 Å². The number of benzene rings is 11. The van der Waals surface area contributed by atoms with Gasteiger partial charge in [0.2, 0.25) is 0 Å². The van der Waals surface area contributed by atoms with Crippen LogP contribution in [0, 0.1) is 13.8 Å². The summed E-state index contributed by atoms with van der Waals surface area (Å²) >= 11 is 0. The van der Waals surface area contributed by atoms with Crippen molar-refractivity contribution in [1.29, 1.82) is 0 Å². The Hall–Kier alpha value is -7.54. The summed E-state index contributed by atoms with van der Waals surface area (Å²) in [5.74, 6) is 0. The molecule has 0 bridgehead atoms. The lowest BCUT2D eigenvalue weighted by molar-refractivity contribution is 0.923. The normalized spacial score (nSPS) is 11.1. The molecule has 0 aliphatic rings. The van der Waals surface area contributed by atoms with E-state index >= 15 is 0 Å². The third-order valence-electron chi connectivity index (χ3n) is 13.9. The molecule has 0 atom stereocenters. The number of hydrogen-bond donors (Lipinski definition) is 0. The first-order valence-electron chi connectivity index (χ1n) is 25.8. The molecule has 0 aromatic heterocycles. The molecule has 0 saturated carbocycles. The highest BCUT2D eigenvalue weighted by molar-refractivity contribution is 6.14. The molecule has 0 heteroatoms. The molecule has 0 unspecified atom stereocenters. The van der Waals surface area contributed by atoms with Gasteiger partial charge in [-0.2, -0.15) is 0 Å². The van der Waals surface area contributed by atoms with E-state index in [9.17, 15) is 0 Å². The van der Waals surface area contributed by atoms with Crippen LogP contribution >= 0.6 is 0 Å². The molecule has 0 saturated heterocycles. The van der Waals surface area contributed by atoms with Crippen LogP contribution in [0.4, 0.5) is 0 Å². The van der Waals surface area contributed by atoms with E-state index in [1.807, 2.05) is 27.7 Å². The summed E-state index contributed by atoms with van der Waals surface area (Å²) in [5.41, 5.74) is 20.7. The lowest BCUT2D eigenvalue weighted by atomic mass is 9.85. The maximum Gasteiger partial charge on any atom is -0.00988 e. The van der Waals surface area contributed by atoms with Gasteiger partial charge in [0.25, 0.3) is 0 Å². The summed E-state index contributed by atoms with van der Waals surface area (Å²) in [6.07, 6.45) is 4.28. The topological polar surface area (TPSA) is 0 Å². The van der Waals surface area contributed by atoms with Crippen molar-refractivity contribution in [1.82, 2.24) is 0 Å². The smallest absolute Gasteiger partial charge is 0.00988 e. The van der Waals surface area contributed by atoms with Crippen LogP contribution in [-0.4, -0.2) is 0 Å². The van der Waals surface area contributed by atoms with Crippen LogP contribution in [-0.2, 0) is 12.8 Å². The van der Waals surface area contributed by atoms with Crippen molar-refractivity contribution >= 4 is 43.1 Å². The van der Waals surface area contributed by atoms with Crippen LogP contribution in [0.15, 0.2) is 206 Å². The predicted octanol–water partition coefficient (Wildman–Crippen LogP) is 20.9. The Balaban J connectivity index is 0.00000148. The summed E-state index contributed by atoms with van der Waals surface area (Å²) in [6, 6.07) is 77.6. The average Bonchev–Trinajstić information content (AvgIpc) is 3.42. The van der Waals surface area contributed by atoms with Crippen molar-refractivity contribution in [3.63, 3.8) is 0 Å². The molecule has 0 aliphatic carbocycles. The Labute approximate surface area is 417 Å². The van der Waals surface area contributed by atoms with Crippen molar-refractivity contribution in [2.75, 3.05) is 0 Å². The van der Waals surface area contributed by atoms with Gasteiger partial charge in [0.15, 0.2) is 0 Å². The van der Waals surface area contributed by atoms with Gasteiger partial charge in [-0.15, -0.1) is 0 Å². The minimum atomic E-state index is 1.04. The SMILES string of the molecule is CC.CC.CCCc1ccc(-c2ccc3ccccc3c2)cc1-c1cc(-c2cc(-c3ccc4cc(-c5cccc(-c6cc7ccccc7c7ccccc67)c5)ccc4c3)ccc2CCC)c(C)cc1C. The first kappa shape index (κ1) is 47.5. The molecule has 0 nitrogen and oxygen atoms in total. The highest BCUT2D eigenvalue weighted by Crippen LogP contribution is 2.41. The van der Waals surface area contributed by atoms with E-state index in [4.69, 9.17) is 0 Å². The monoisotopic (exact) mass is 907 g/mol. The van der Waals surface area contributed by atoms with Gasteiger partial charge in [-0.25, -0.2) is 0 Å². The van der Waals surface area contributed by atoms with E-state index in [1.54, 1.807) is 0 Å². The molecular formula is C70H66. The zero-order valence-corrected chi connectivity index (χ0v) is 42.5. The maximum atomic E-state index is 2.50. The minimum absolute atomic E-state index is 1.04. The van der Waals surface area contributed by atoms with E-state index < -0.39 is 0 Å². The summed E-state index contributed by atoms with van der Waals surface area (Å²) in [5, 5.41) is 10.2. The van der Waals surface area contributed by atoms with Crippen LogP contribution in [0.25, 0.3) is 110 Å². The standard InChI is InChI=1S/C66H54.2C2H6/c1-5-14-46-25-28-55(53-27-24-45-16-7-8-17-48(45)35-53)39-64(46)62-42-63(44(4)34-43(62)3)65-40-56(29-26-47(65)15-6-2)54-33-32-51-36-50(30-31-52(51)37-54)49-19-13-20-57(38-49)66-41-58-18-9-10-21-59(58)60-22-11-12-23-61(60)66;2*1-2/h7-13,16-42H,5-6,14-15H2,1-4H3;2*1-2H3. The maximum absolute atomic E-state index is 2.50. The summed E-state index contributed by atoms with van der Waals surface area (Å²) in [6.45, 7) is 17.2. The molecule has 0 heterocycles. The van der Waals surface area contributed by atoms with Crippen molar-refractivity contribution in [3.05, 3.63) is 229 Å². The molecule has 11 aromatic rings. The van der Waals surface area contributed by atoms with Crippen LogP contribution in [0.1, 0.15) is 76.6 Å². The quantitative estimate of drug-likeness (QED) is 0.120. The van der Waals surface area contributed by atoms with Gasteiger partial charge in [0.05, 0.1) is 0 Å². The Bertz CT molecular complexity index is 3640. The Morgan fingerprint density at radius 3 is 1.23 bits per heavy atom. The molecule has 0 fully saturated rings. The van der Waals surface area contributed by atoms with Crippen LogP contribution in [0.3, 0.4) is 0 Å². The van der Waals surface area contributed by atoms with Crippen molar-refractivity contribution in [2.45, 2.75) is 81.1 Å². The van der Waals surface area contributed by atoms with E-state index in [-0.39, 0.29) is 0 Å². The van der Waals surface area contributed by atoms with Crippen LogP contribution in [0.5, 0.6) is 0 Å². The van der Waals surface area contributed by atoms with Gasteiger partial charge >= 0.3 is 0 Å². The zero-order chi connectivity index (χ0) is 48.7. The first-order chi connectivity index (χ1) is 34.4. The lowest BCUT2D eigenvalue weighted by Gasteiger charge is -2.19. The fourth-order valence-electron chi connectivity index (χ4n) is 10.6. The van der Waals surface area contributed by atoms with Gasteiger partial charge in [-0.1, -0.05) is 212 Å². The number of hydrogen-bond acceptors (Lipinski definition) is 0. The molecule has 11 aromatic carbocycles. The number of aryl methyl sites for hydroxylation is 4. The van der Waals surface area contributed by atoms with E-state index in [0.29, 0.717) is 0 Å². The van der Waals surface area contributed by atoms with Crippen molar-refractivity contribution < 1.29 is 0 Å². The predicted molar refractivity (Wildman–Crippen MR) is 309 cm³/mol. The lowest BCUT2D eigenvalue weighted by Crippen LogP contribution is -1.98. The Kier molecular flexibility index (Phi) is 14.5. The highest BCUT2D eigenvalue weighted by atomic mass is 14.2. The summed E-state index contributed by atoms with van der Waals surface area (Å²) < 4.78 is 0. The average molecular weight is 907 g/mol.